The maximum absolute atomic E-state index is 13.6. The molecule has 1 heterocycles. The number of carbonyl (C=O) groups is 2. The van der Waals surface area contributed by atoms with Gasteiger partial charge in [-0.15, -0.1) is 0 Å². The van der Waals surface area contributed by atoms with Gasteiger partial charge in [-0.1, -0.05) is 19.1 Å². The lowest BCUT2D eigenvalue weighted by Crippen LogP contribution is -2.37. The number of nitrogens with zero attached hydrogens (tertiary/aromatic N) is 1. The molecule has 2 amide bonds. The van der Waals surface area contributed by atoms with E-state index >= 15 is 0 Å². The van der Waals surface area contributed by atoms with E-state index in [1.165, 1.54) is 12.1 Å². The van der Waals surface area contributed by atoms with Crippen LogP contribution in [-0.4, -0.2) is 23.3 Å². The molecule has 0 aromatic heterocycles. The van der Waals surface area contributed by atoms with Gasteiger partial charge in [-0.2, -0.15) is 0 Å². The molecule has 19 heavy (non-hydrogen) atoms. The molecule has 2 atom stereocenters. The molecule has 2 N–H and O–H groups in total. The summed E-state index contributed by atoms with van der Waals surface area (Å²) in [6, 6.07) is 2.73. The van der Waals surface area contributed by atoms with E-state index in [0.29, 0.717) is 0 Å². The molecule has 2 rings (SSSR count). The van der Waals surface area contributed by atoms with Gasteiger partial charge in [-0.05, 0) is 6.07 Å². The first kappa shape index (κ1) is 13.6. The lowest BCUT2D eigenvalue weighted by atomic mass is 10.1. The summed E-state index contributed by atoms with van der Waals surface area (Å²) in [7, 11) is 0. The number of halogens is 2. The van der Waals surface area contributed by atoms with Crippen LogP contribution in [0.5, 0.6) is 0 Å². The molecule has 1 aliphatic heterocycles. The molecular formula is C13H14F2N2O2. The summed E-state index contributed by atoms with van der Waals surface area (Å²) in [5.41, 5.74) is 5.72. The summed E-state index contributed by atoms with van der Waals surface area (Å²) in [6.45, 7) is 1.51. The fourth-order valence-corrected chi connectivity index (χ4v) is 2.14. The number of likely N-dealkylation sites (tertiary alicyclic amines) is 1. The molecule has 1 aromatic rings. The first-order valence-electron chi connectivity index (χ1n) is 5.95. The van der Waals surface area contributed by atoms with Gasteiger partial charge in [0.1, 0.15) is 0 Å². The van der Waals surface area contributed by atoms with Gasteiger partial charge in [-0.3, -0.25) is 14.5 Å². The van der Waals surface area contributed by atoms with Crippen LogP contribution in [0.1, 0.15) is 24.9 Å². The molecule has 0 bridgehead atoms. The zero-order valence-electron chi connectivity index (χ0n) is 10.4. The van der Waals surface area contributed by atoms with Crippen LogP contribution in [0.25, 0.3) is 0 Å². The molecule has 6 heteroatoms. The zero-order valence-corrected chi connectivity index (χ0v) is 10.4. The van der Waals surface area contributed by atoms with Crippen molar-refractivity contribution in [3.63, 3.8) is 0 Å². The lowest BCUT2D eigenvalue weighted by Gasteiger charge is -2.20. The van der Waals surface area contributed by atoms with Crippen LogP contribution in [-0.2, 0) is 9.59 Å². The molecule has 0 aliphatic carbocycles. The quantitative estimate of drug-likeness (QED) is 0.842. The third-order valence-electron chi connectivity index (χ3n) is 3.23. The monoisotopic (exact) mass is 268 g/mol. The van der Waals surface area contributed by atoms with E-state index in [-0.39, 0.29) is 36.3 Å². The number of imide groups is 1. The minimum absolute atomic E-state index is 0.0415. The number of hydrogen-bond acceptors (Lipinski definition) is 3. The van der Waals surface area contributed by atoms with Gasteiger partial charge in [0, 0.05) is 24.4 Å². The van der Waals surface area contributed by atoms with Crippen molar-refractivity contribution >= 4 is 11.8 Å². The minimum atomic E-state index is -1.04. The van der Waals surface area contributed by atoms with Crippen LogP contribution in [0.2, 0.25) is 0 Å². The van der Waals surface area contributed by atoms with Crippen LogP contribution in [0.3, 0.4) is 0 Å². The maximum atomic E-state index is 13.6. The number of nitrogens with two attached hydrogens (primary N) is 1. The Balaban J connectivity index is 2.17. The van der Waals surface area contributed by atoms with Gasteiger partial charge in [0.2, 0.25) is 11.8 Å². The Kier molecular flexibility index (Phi) is 3.61. The largest absolute Gasteiger partial charge is 0.322 e. The third kappa shape index (κ3) is 2.49. The van der Waals surface area contributed by atoms with Crippen LogP contribution in [0.4, 0.5) is 8.78 Å². The van der Waals surface area contributed by atoms with Crippen molar-refractivity contribution in [1.29, 1.82) is 0 Å². The fraction of sp³-hybridized carbons (Fsp3) is 0.385. The van der Waals surface area contributed by atoms with E-state index in [9.17, 15) is 18.4 Å². The van der Waals surface area contributed by atoms with Crippen LogP contribution >= 0.6 is 0 Å². The Labute approximate surface area is 109 Å². The highest BCUT2D eigenvalue weighted by atomic mass is 19.2. The summed E-state index contributed by atoms with van der Waals surface area (Å²) in [6.07, 6.45) is 0.136. The maximum Gasteiger partial charge on any atom is 0.232 e. The Morgan fingerprint density at radius 1 is 1.42 bits per heavy atom. The van der Waals surface area contributed by atoms with Crippen molar-refractivity contribution in [1.82, 2.24) is 4.90 Å². The molecule has 2 unspecified atom stereocenters. The molecule has 0 spiro atoms. The second-order valence-corrected chi connectivity index (χ2v) is 4.70. The minimum Gasteiger partial charge on any atom is -0.322 e. The summed E-state index contributed by atoms with van der Waals surface area (Å²) < 4.78 is 26.6. The summed E-state index contributed by atoms with van der Waals surface area (Å²) >= 11 is 0. The number of rotatable bonds is 3. The van der Waals surface area contributed by atoms with Gasteiger partial charge in [0.05, 0.1) is 6.04 Å². The Morgan fingerprint density at radius 2 is 2.11 bits per heavy atom. The summed E-state index contributed by atoms with van der Waals surface area (Å²) in [4.78, 5) is 24.3. The summed E-state index contributed by atoms with van der Waals surface area (Å²) in [5.74, 6) is -3.07. The highest BCUT2D eigenvalue weighted by Crippen LogP contribution is 2.23. The average Bonchev–Trinajstić information content (AvgIpc) is 2.59. The lowest BCUT2D eigenvalue weighted by molar-refractivity contribution is -0.139. The molecule has 0 saturated carbocycles. The molecule has 1 aliphatic rings. The van der Waals surface area contributed by atoms with Gasteiger partial charge in [-0.25, -0.2) is 8.78 Å². The van der Waals surface area contributed by atoms with Gasteiger partial charge >= 0.3 is 0 Å². The topological polar surface area (TPSA) is 63.4 Å². The van der Waals surface area contributed by atoms with Gasteiger partial charge in [0.15, 0.2) is 11.6 Å². The molecule has 0 radical (unpaired) electrons. The average molecular weight is 268 g/mol. The van der Waals surface area contributed by atoms with E-state index < -0.39 is 17.7 Å². The molecule has 1 aromatic carbocycles. The molecule has 102 valence electrons. The summed E-state index contributed by atoms with van der Waals surface area (Å²) in [5, 5.41) is 0. The highest BCUT2D eigenvalue weighted by molar-refractivity contribution is 6.03. The van der Waals surface area contributed by atoms with Gasteiger partial charge < -0.3 is 5.73 Å². The smallest absolute Gasteiger partial charge is 0.232 e. The van der Waals surface area contributed by atoms with Crippen LogP contribution < -0.4 is 5.73 Å². The van der Waals surface area contributed by atoms with Crippen molar-refractivity contribution in [3.05, 3.63) is 35.4 Å². The third-order valence-corrected chi connectivity index (χ3v) is 3.23. The highest BCUT2D eigenvalue weighted by Gasteiger charge is 2.36. The second-order valence-electron chi connectivity index (χ2n) is 4.70. The molecular weight excluding hydrogens is 254 g/mol. The van der Waals surface area contributed by atoms with Crippen LogP contribution in [0, 0.1) is 17.6 Å². The van der Waals surface area contributed by atoms with Gasteiger partial charge in [0.25, 0.3) is 0 Å². The predicted octanol–water partition coefficient (Wildman–Crippen LogP) is 1.36. The first-order chi connectivity index (χ1) is 8.91. The number of carbonyl (C=O) groups excluding carboxylic acids is 2. The van der Waals surface area contributed by atoms with Crippen molar-refractivity contribution in [2.45, 2.75) is 19.4 Å². The van der Waals surface area contributed by atoms with Crippen molar-refractivity contribution in [2.75, 3.05) is 6.54 Å². The SMILES string of the molecule is CC1CC(=O)N(CC(N)c2cccc(F)c2F)C1=O. The van der Waals surface area contributed by atoms with E-state index in [1.54, 1.807) is 6.92 Å². The normalized spacial score (nSPS) is 21.1. The number of hydrogen-bond donors (Lipinski definition) is 1. The Hall–Kier alpha value is -1.82. The first-order valence-corrected chi connectivity index (χ1v) is 5.95. The van der Waals surface area contributed by atoms with E-state index in [1.807, 2.05) is 0 Å². The molecule has 4 nitrogen and oxygen atoms in total. The Morgan fingerprint density at radius 3 is 2.68 bits per heavy atom. The van der Waals surface area contributed by atoms with Crippen molar-refractivity contribution in [2.24, 2.45) is 11.7 Å². The molecule has 1 fully saturated rings. The number of amides is 2. The number of benzene rings is 1. The van der Waals surface area contributed by atoms with E-state index in [4.69, 9.17) is 5.73 Å². The second kappa shape index (κ2) is 5.05. The van der Waals surface area contributed by atoms with E-state index in [2.05, 4.69) is 0 Å². The Bertz CT molecular complexity index is 533. The molecule has 1 saturated heterocycles. The van der Waals surface area contributed by atoms with Crippen LogP contribution in [0.15, 0.2) is 18.2 Å². The zero-order chi connectivity index (χ0) is 14.2. The predicted molar refractivity (Wildman–Crippen MR) is 63.8 cm³/mol. The van der Waals surface area contributed by atoms with E-state index in [0.717, 1.165) is 11.0 Å². The van der Waals surface area contributed by atoms with Crippen molar-refractivity contribution < 1.29 is 18.4 Å². The van der Waals surface area contributed by atoms with Crippen molar-refractivity contribution in [3.8, 4) is 0 Å². The standard InChI is InChI=1S/C13H14F2N2O2/c1-7-5-11(18)17(13(7)19)6-10(16)8-3-2-4-9(14)12(8)15/h2-4,7,10H,5-6,16H2,1H3. The fourth-order valence-electron chi connectivity index (χ4n) is 2.14.